The van der Waals surface area contributed by atoms with Crippen molar-refractivity contribution in [2.24, 2.45) is 0 Å². The summed E-state index contributed by atoms with van der Waals surface area (Å²) in [7, 11) is 0. The number of aryl methyl sites for hydroxylation is 2. The van der Waals surface area contributed by atoms with Crippen LogP contribution in [0.4, 0.5) is 10.7 Å². The molecular formula is C22H18N4O4S. The van der Waals surface area contributed by atoms with Gasteiger partial charge in [-0.25, -0.2) is 9.97 Å². The van der Waals surface area contributed by atoms with Crippen LogP contribution in [0.25, 0.3) is 0 Å². The van der Waals surface area contributed by atoms with Crippen molar-refractivity contribution >= 4 is 33.8 Å². The van der Waals surface area contributed by atoms with Crippen LogP contribution in [0.15, 0.2) is 65.5 Å². The van der Waals surface area contributed by atoms with Gasteiger partial charge in [-0.15, -0.1) is 11.3 Å². The monoisotopic (exact) mass is 434 g/mol. The molecule has 3 heterocycles. The maximum atomic E-state index is 12.8. The summed E-state index contributed by atoms with van der Waals surface area (Å²) in [6.45, 7) is 3.68. The van der Waals surface area contributed by atoms with Gasteiger partial charge in [-0.1, -0.05) is 0 Å². The summed E-state index contributed by atoms with van der Waals surface area (Å²) in [6, 6.07) is 12.2. The van der Waals surface area contributed by atoms with Crippen molar-refractivity contribution in [3.05, 3.63) is 82.9 Å². The van der Waals surface area contributed by atoms with E-state index in [0.717, 1.165) is 11.1 Å². The smallest absolute Gasteiger partial charge is 0.321 e. The Bertz CT molecular complexity index is 1220. The number of ether oxygens (including phenoxy) is 1. The van der Waals surface area contributed by atoms with Gasteiger partial charge in [-0.3, -0.25) is 9.59 Å². The minimum Gasteiger partial charge on any atom is -0.459 e. The standard InChI is InChI=1S/C22H18N4O4S/c1-13-11-15(30-22-23-8-4-9-24-22)6-7-16(13)25-21(28)19-14(2)12-18(31-19)26-20(27)17-5-3-10-29-17/h3-12H,1-2H3,(H,25,28)(H,26,27). The van der Waals surface area contributed by atoms with Crippen molar-refractivity contribution in [2.75, 3.05) is 10.6 Å². The van der Waals surface area contributed by atoms with Crippen LogP contribution >= 0.6 is 11.3 Å². The third-order valence-electron chi connectivity index (χ3n) is 4.30. The molecule has 0 aliphatic carbocycles. The Morgan fingerprint density at radius 3 is 2.48 bits per heavy atom. The highest BCUT2D eigenvalue weighted by molar-refractivity contribution is 7.18. The molecule has 3 aromatic heterocycles. The summed E-state index contributed by atoms with van der Waals surface area (Å²) in [6.07, 6.45) is 4.62. The van der Waals surface area contributed by atoms with Gasteiger partial charge in [0.25, 0.3) is 11.8 Å². The minimum absolute atomic E-state index is 0.205. The second-order valence-corrected chi connectivity index (χ2v) is 7.67. The molecule has 4 rings (SSSR count). The van der Waals surface area contributed by atoms with Crippen molar-refractivity contribution in [3.8, 4) is 11.8 Å². The molecule has 0 spiro atoms. The van der Waals surface area contributed by atoms with Gasteiger partial charge in [0.05, 0.1) is 16.1 Å². The van der Waals surface area contributed by atoms with Gasteiger partial charge in [-0.05, 0) is 67.4 Å². The average Bonchev–Trinajstić information content (AvgIpc) is 3.41. The van der Waals surface area contributed by atoms with Gasteiger partial charge in [0.2, 0.25) is 0 Å². The van der Waals surface area contributed by atoms with Crippen LogP contribution in [0, 0.1) is 13.8 Å². The summed E-state index contributed by atoms with van der Waals surface area (Å²) >= 11 is 1.20. The predicted molar refractivity (Wildman–Crippen MR) is 117 cm³/mol. The van der Waals surface area contributed by atoms with Crippen molar-refractivity contribution in [1.29, 1.82) is 0 Å². The van der Waals surface area contributed by atoms with Crippen LogP contribution in [0.2, 0.25) is 0 Å². The lowest BCUT2D eigenvalue weighted by atomic mass is 10.2. The average molecular weight is 434 g/mol. The molecule has 4 aromatic rings. The maximum Gasteiger partial charge on any atom is 0.321 e. The number of aromatic nitrogens is 2. The summed E-state index contributed by atoms with van der Waals surface area (Å²) in [5.41, 5.74) is 2.23. The molecule has 0 fully saturated rings. The topological polar surface area (TPSA) is 106 Å². The van der Waals surface area contributed by atoms with E-state index in [1.807, 2.05) is 13.8 Å². The third-order valence-corrected chi connectivity index (χ3v) is 5.45. The van der Waals surface area contributed by atoms with E-state index in [4.69, 9.17) is 9.15 Å². The Kier molecular flexibility index (Phi) is 5.76. The van der Waals surface area contributed by atoms with E-state index in [1.54, 1.807) is 54.9 Å². The zero-order valence-corrected chi connectivity index (χ0v) is 17.5. The lowest BCUT2D eigenvalue weighted by Crippen LogP contribution is -2.12. The molecule has 2 amide bonds. The zero-order valence-electron chi connectivity index (χ0n) is 16.7. The number of hydrogen-bond donors (Lipinski definition) is 2. The summed E-state index contributed by atoms with van der Waals surface area (Å²) < 4.78 is 10.7. The third kappa shape index (κ3) is 4.78. The van der Waals surface area contributed by atoms with Crippen LogP contribution < -0.4 is 15.4 Å². The lowest BCUT2D eigenvalue weighted by Gasteiger charge is -2.10. The van der Waals surface area contributed by atoms with E-state index in [0.29, 0.717) is 21.3 Å². The number of carbonyl (C=O) groups is 2. The van der Waals surface area contributed by atoms with E-state index in [2.05, 4.69) is 20.6 Å². The molecule has 0 saturated carbocycles. The molecule has 0 atom stereocenters. The first-order chi connectivity index (χ1) is 15.0. The van der Waals surface area contributed by atoms with Crippen molar-refractivity contribution in [1.82, 2.24) is 9.97 Å². The fourth-order valence-electron chi connectivity index (χ4n) is 2.81. The van der Waals surface area contributed by atoms with E-state index in [-0.39, 0.29) is 23.6 Å². The zero-order chi connectivity index (χ0) is 21.8. The summed E-state index contributed by atoms with van der Waals surface area (Å²) in [5, 5.41) is 6.21. The molecule has 0 radical (unpaired) electrons. The highest BCUT2D eigenvalue weighted by Gasteiger charge is 2.17. The molecule has 1 aromatic carbocycles. The molecule has 0 aliphatic heterocycles. The fourth-order valence-corrected chi connectivity index (χ4v) is 3.78. The van der Waals surface area contributed by atoms with Gasteiger partial charge in [0.1, 0.15) is 5.75 Å². The molecule has 8 nitrogen and oxygen atoms in total. The first-order valence-corrected chi connectivity index (χ1v) is 10.1. The van der Waals surface area contributed by atoms with Crippen molar-refractivity contribution in [2.45, 2.75) is 13.8 Å². The Balaban J connectivity index is 1.44. The number of anilines is 2. The van der Waals surface area contributed by atoms with Gasteiger partial charge in [0, 0.05) is 18.1 Å². The van der Waals surface area contributed by atoms with Gasteiger partial charge in [0.15, 0.2) is 5.76 Å². The number of benzene rings is 1. The first-order valence-electron chi connectivity index (χ1n) is 9.32. The molecule has 156 valence electrons. The molecule has 0 aliphatic rings. The molecule has 0 bridgehead atoms. The number of hydrogen-bond acceptors (Lipinski definition) is 7. The molecular weight excluding hydrogens is 416 g/mol. The predicted octanol–water partition coefficient (Wildman–Crippen LogP) is 5.04. The van der Waals surface area contributed by atoms with E-state index in [1.165, 1.54) is 17.6 Å². The van der Waals surface area contributed by atoms with Crippen LogP contribution in [-0.4, -0.2) is 21.8 Å². The van der Waals surface area contributed by atoms with Crippen molar-refractivity contribution < 1.29 is 18.7 Å². The van der Waals surface area contributed by atoms with Crippen LogP contribution in [0.1, 0.15) is 31.4 Å². The van der Waals surface area contributed by atoms with E-state index >= 15 is 0 Å². The van der Waals surface area contributed by atoms with Crippen LogP contribution in [0.5, 0.6) is 11.8 Å². The van der Waals surface area contributed by atoms with E-state index in [9.17, 15) is 9.59 Å². The largest absolute Gasteiger partial charge is 0.459 e. The van der Waals surface area contributed by atoms with Crippen molar-refractivity contribution in [3.63, 3.8) is 0 Å². The number of rotatable bonds is 6. The van der Waals surface area contributed by atoms with Crippen LogP contribution in [-0.2, 0) is 0 Å². The van der Waals surface area contributed by atoms with Crippen LogP contribution in [0.3, 0.4) is 0 Å². The normalized spacial score (nSPS) is 10.5. The Hall–Kier alpha value is -3.98. The lowest BCUT2D eigenvalue weighted by molar-refractivity contribution is 0.0995. The fraction of sp³-hybridized carbons (Fsp3) is 0.0909. The Morgan fingerprint density at radius 2 is 1.77 bits per heavy atom. The summed E-state index contributed by atoms with van der Waals surface area (Å²) in [4.78, 5) is 33.5. The number of nitrogens with zero attached hydrogens (tertiary/aromatic N) is 2. The number of amides is 2. The molecule has 9 heteroatoms. The number of furan rings is 1. The Labute approximate surface area is 181 Å². The SMILES string of the molecule is Cc1cc(Oc2ncccn2)ccc1NC(=O)c1sc(NC(=O)c2ccco2)cc1C. The number of thiophene rings is 1. The number of nitrogens with one attached hydrogen (secondary N) is 2. The van der Waals surface area contributed by atoms with Gasteiger partial charge >= 0.3 is 6.01 Å². The van der Waals surface area contributed by atoms with E-state index < -0.39 is 0 Å². The number of carbonyl (C=O) groups excluding carboxylic acids is 2. The van der Waals surface area contributed by atoms with Gasteiger partial charge in [-0.2, -0.15) is 0 Å². The van der Waals surface area contributed by atoms with Gasteiger partial charge < -0.3 is 19.8 Å². The second-order valence-electron chi connectivity index (χ2n) is 6.62. The molecule has 0 saturated heterocycles. The maximum absolute atomic E-state index is 12.8. The Morgan fingerprint density at radius 1 is 0.968 bits per heavy atom. The molecule has 0 unspecified atom stereocenters. The quantitative estimate of drug-likeness (QED) is 0.440. The second kappa shape index (κ2) is 8.80. The molecule has 2 N–H and O–H groups in total. The highest BCUT2D eigenvalue weighted by Crippen LogP contribution is 2.29. The molecule has 31 heavy (non-hydrogen) atoms. The highest BCUT2D eigenvalue weighted by atomic mass is 32.1. The summed E-state index contributed by atoms with van der Waals surface area (Å²) in [5.74, 6) is 0.143. The first kappa shape index (κ1) is 20.3. The minimum atomic E-state index is -0.368.